The summed E-state index contributed by atoms with van der Waals surface area (Å²) in [5, 5.41) is 0. The summed E-state index contributed by atoms with van der Waals surface area (Å²) in [6.45, 7) is 9.88. The second kappa shape index (κ2) is 19.2. The molecule has 0 heterocycles. The summed E-state index contributed by atoms with van der Waals surface area (Å²) in [4.78, 5) is 2.52. The maximum atomic E-state index is 5.68. The number of likely N-dealkylation sites (N-methyl/N-ethyl adjacent to an activating group) is 1. The molecule has 0 bridgehead atoms. The molecule has 0 radical (unpaired) electrons. The standard InChI is InChI=1S/C22H48N2/c1-4-6-7-8-9-10-11-12-13-14-15-16-17-18-19-22(3)24(5-2)21-20-23/h22H,4-21,23H2,1-3H3. The van der Waals surface area contributed by atoms with Crippen molar-refractivity contribution in [1.29, 1.82) is 0 Å². The monoisotopic (exact) mass is 340 g/mol. The van der Waals surface area contributed by atoms with Gasteiger partial charge in [0.05, 0.1) is 0 Å². The maximum Gasteiger partial charge on any atom is 0.0107 e. The summed E-state index contributed by atoms with van der Waals surface area (Å²) in [5.74, 6) is 0. The Labute approximate surface area is 154 Å². The van der Waals surface area contributed by atoms with Gasteiger partial charge in [-0.1, -0.05) is 104 Å². The zero-order chi connectivity index (χ0) is 17.9. The van der Waals surface area contributed by atoms with Crippen LogP contribution < -0.4 is 5.73 Å². The molecule has 146 valence electrons. The second-order valence-electron chi connectivity index (χ2n) is 7.65. The lowest BCUT2D eigenvalue weighted by Gasteiger charge is -2.27. The van der Waals surface area contributed by atoms with Crippen LogP contribution in [0.5, 0.6) is 0 Å². The minimum Gasteiger partial charge on any atom is -0.329 e. The number of hydrogen-bond acceptors (Lipinski definition) is 2. The number of hydrogen-bond donors (Lipinski definition) is 1. The number of nitrogens with zero attached hydrogens (tertiary/aromatic N) is 1. The van der Waals surface area contributed by atoms with Gasteiger partial charge in [-0.15, -0.1) is 0 Å². The number of rotatable bonds is 19. The first-order chi connectivity index (χ1) is 11.8. The van der Waals surface area contributed by atoms with Gasteiger partial charge in [0.1, 0.15) is 0 Å². The quantitative estimate of drug-likeness (QED) is 0.271. The average Bonchev–Trinajstić information content (AvgIpc) is 2.59. The Morgan fingerprint density at radius 3 is 1.46 bits per heavy atom. The Morgan fingerprint density at radius 1 is 0.667 bits per heavy atom. The number of unbranched alkanes of at least 4 members (excludes halogenated alkanes) is 13. The minimum absolute atomic E-state index is 0.705. The minimum atomic E-state index is 0.705. The zero-order valence-corrected chi connectivity index (χ0v) is 17.3. The van der Waals surface area contributed by atoms with Gasteiger partial charge < -0.3 is 5.73 Å². The van der Waals surface area contributed by atoms with Crippen LogP contribution in [0.15, 0.2) is 0 Å². The fourth-order valence-corrected chi connectivity index (χ4v) is 3.67. The third-order valence-corrected chi connectivity index (χ3v) is 5.42. The molecule has 0 aromatic carbocycles. The first kappa shape index (κ1) is 23.9. The van der Waals surface area contributed by atoms with Crippen LogP contribution in [0, 0.1) is 0 Å². The van der Waals surface area contributed by atoms with E-state index in [0.29, 0.717) is 6.04 Å². The van der Waals surface area contributed by atoms with Gasteiger partial charge in [-0.05, 0) is 19.9 Å². The molecule has 0 aliphatic heterocycles. The van der Waals surface area contributed by atoms with Crippen LogP contribution in [0.4, 0.5) is 0 Å². The van der Waals surface area contributed by atoms with Crippen molar-refractivity contribution >= 4 is 0 Å². The predicted octanol–water partition coefficient (Wildman–Crippen LogP) is 6.53. The van der Waals surface area contributed by atoms with Crippen LogP contribution in [0.3, 0.4) is 0 Å². The van der Waals surface area contributed by atoms with Crippen LogP contribution in [-0.4, -0.2) is 30.6 Å². The molecule has 0 aromatic heterocycles. The van der Waals surface area contributed by atoms with E-state index in [1.54, 1.807) is 0 Å². The van der Waals surface area contributed by atoms with E-state index in [9.17, 15) is 0 Å². The van der Waals surface area contributed by atoms with Crippen molar-refractivity contribution in [3.63, 3.8) is 0 Å². The van der Waals surface area contributed by atoms with Crippen LogP contribution in [0.25, 0.3) is 0 Å². The fraction of sp³-hybridized carbons (Fsp3) is 1.00. The third kappa shape index (κ3) is 15.4. The Balaban J connectivity index is 3.22. The van der Waals surface area contributed by atoms with Gasteiger partial charge in [0.15, 0.2) is 0 Å². The van der Waals surface area contributed by atoms with E-state index in [4.69, 9.17) is 5.73 Å². The number of nitrogens with two attached hydrogens (primary N) is 1. The molecule has 0 saturated heterocycles. The zero-order valence-electron chi connectivity index (χ0n) is 17.3. The molecule has 2 heteroatoms. The molecule has 0 aromatic rings. The molecule has 0 spiro atoms. The molecule has 0 aliphatic carbocycles. The Kier molecular flexibility index (Phi) is 19.2. The highest BCUT2D eigenvalue weighted by molar-refractivity contribution is 4.66. The summed E-state index contributed by atoms with van der Waals surface area (Å²) >= 11 is 0. The topological polar surface area (TPSA) is 29.3 Å². The molecule has 1 atom stereocenters. The summed E-state index contributed by atoms with van der Waals surface area (Å²) in [7, 11) is 0. The van der Waals surface area contributed by atoms with Gasteiger partial charge in [-0.25, -0.2) is 0 Å². The van der Waals surface area contributed by atoms with Crippen molar-refractivity contribution in [3.05, 3.63) is 0 Å². The SMILES string of the molecule is CCCCCCCCCCCCCCCCC(C)N(CC)CCN. The van der Waals surface area contributed by atoms with Crippen LogP contribution in [0.1, 0.15) is 117 Å². The lowest BCUT2D eigenvalue weighted by atomic mass is 10.0. The van der Waals surface area contributed by atoms with Crippen molar-refractivity contribution in [2.24, 2.45) is 5.73 Å². The van der Waals surface area contributed by atoms with Crippen LogP contribution in [-0.2, 0) is 0 Å². The highest BCUT2D eigenvalue weighted by Crippen LogP contribution is 2.14. The predicted molar refractivity (Wildman–Crippen MR) is 111 cm³/mol. The highest BCUT2D eigenvalue weighted by atomic mass is 15.1. The van der Waals surface area contributed by atoms with Gasteiger partial charge in [0.25, 0.3) is 0 Å². The van der Waals surface area contributed by atoms with E-state index in [-0.39, 0.29) is 0 Å². The van der Waals surface area contributed by atoms with Crippen molar-refractivity contribution in [3.8, 4) is 0 Å². The molecule has 0 amide bonds. The van der Waals surface area contributed by atoms with Crippen molar-refractivity contribution in [2.75, 3.05) is 19.6 Å². The van der Waals surface area contributed by atoms with E-state index < -0.39 is 0 Å². The van der Waals surface area contributed by atoms with Gasteiger partial charge in [0.2, 0.25) is 0 Å². The lowest BCUT2D eigenvalue weighted by Crippen LogP contribution is -2.36. The summed E-state index contributed by atoms with van der Waals surface area (Å²) < 4.78 is 0. The van der Waals surface area contributed by atoms with E-state index in [2.05, 4.69) is 25.7 Å². The van der Waals surface area contributed by atoms with Gasteiger partial charge in [-0.3, -0.25) is 4.90 Å². The Morgan fingerprint density at radius 2 is 1.08 bits per heavy atom. The smallest absolute Gasteiger partial charge is 0.0107 e. The molecule has 2 nitrogen and oxygen atoms in total. The van der Waals surface area contributed by atoms with Crippen LogP contribution >= 0.6 is 0 Å². The van der Waals surface area contributed by atoms with Crippen molar-refractivity contribution < 1.29 is 0 Å². The molecule has 1 unspecified atom stereocenters. The average molecular weight is 341 g/mol. The molecule has 0 rings (SSSR count). The third-order valence-electron chi connectivity index (χ3n) is 5.42. The fourth-order valence-electron chi connectivity index (χ4n) is 3.67. The van der Waals surface area contributed by atoms with Gasteiger partial charge in [0, 0.05) is 19.1 Å². The molecular formula is C22H48N2. The highest BCUT2D eigenvalue weighted by Gasteiger charge is 2.10. The van der Waals surface area contributed by atoms with E-state index in [1.807, 2.05) is 0 Å². The molecule has 0 saturated carbocycles. The van der Waals surface area contributed by atoms with E-state index >= 15 is 0 Å². The first-order valence-corrected chi connectivity index (χ1v) is 11.2. The molecule has 24 heavy (non-hydrogen) atoms. The largest absolute Gasteiger partial charge is 0.329 e. The molecular weight excluding hydrogens is 292 g/mol. The van der Waals surface area contributed by atoms with Gasteiger partial charge in [-0.2, -0.15) is 0 Å². The second-order valence-corrected chi connectivity index (χ2v) is 7.65. The lowest BCUT2D eigenvalue weighted by molar-refractivity contribution is 0.212. The Bertz CT molecular complexity index is 230. The van der Waals surface area contributed by atoms with E-state index in [1.165, 1.54) is 96.3 Å². The summed E-state index contributed by atoms with van der Waals surface area (Å²) in [6, 6.07) is 0.705. The molecule has 0 fully saturated rings. The van der Waals surface area contributed by atoms with Gasteiger partial charge >= 0.3 is 0 Å². The summed E-state index contributed by atoms with van der Waals surface area (Å²) in [5.41, 5.74) is 5.68. The molecule has 0 aliphatic rings. The first-order valence-electron chi connectivity index (χ1n) is 11.2. The van der Waals surface area contributed by atoms with Crippen molar-refractivity contribution in [1.82, 2.24) is 4.90 Å². The van der Waals surface area contributed by atoms with E-state index in [0.717, 1.165) is 19.6 Å². The maximum absolute atomic E-state index is 5.68. The van der Waals surface area contributed by atoms with Crippen molar-refractivity contribution in [2.45, 2.75) is 123 Å². The Hall–Kier alpha value is -0.0800. The molecule has 2 N–H and O–H groups in total. The normalized spacial score (nSPS) is 12.9. The van der Waals surface area contributed by atoms with Crippen LogP contribution in [0.2, 0.25) is 0 Å². The summed E-state index contributed by atoms with van der Waals surface area (Å²) in [6.07, 6.45) is 21.6.